The number of thioether (sulfide) groups is 1. The predicted molar refractivity (Wildman–Crippen MR) is 121 cm³/mol. The summed E-state index contributed by atoms with van der Waals surface area (Å²) in [6, 6.07) is 15.3. The minimum absolute atomic E-state index is 0.0631. The van der Waals surface area contributed by atoms with Crippen LogP contribution in [0.25, 0.3) is 0 Å². The Morgan fingerprint density at radius 3 is 2.67 bits per heavy atom. The van der Waals surface area contributed by atoms with Gasteiger partial charge in [0.05, 0.1) is 5.75 Å². The van der Waals surface area contributed by atoms with Gasteiger partial charge in [0.15, 0.2) is 17.4 Å². The molecule has 0 bridgehead atoms. The fourth-order valence-electron chi connectivity index (χ4n) is 3.14. The summed E-state index contributed by atoms with van der Waals surface area (Å²) >= 11 is 1.13. The zero-order valence-electron chi connectivity index (χ0n) is 17.8. The summed E-state index contributed by atoms with van der Waals surface area (Å²) in [6.07, 6.45) is 3.52. The monoisotopic (exact) mass is 467 g/mol. The van der Waals surface area contributed by atoms with Crippen molar-refractivity contribution >= 4 is 17.7 Å². The second-order valence-corrected chi connectivity index (χ2v) is 8.03. The van der Waals surface area contributed by atoms with Crippen molar-refractivity contribution in [1.29, 1.82) is 0 Å². The Bertz CT molecular complexity index is 1230. The molecule has 11 heteroatoms. The topological polar surface area (TPSA) is 113 Å². The number of imidazole rings is 1. The van der Waals surface area contributed by atoms with E-state index >= 15 is 0 Å². The van der Waals surface area contributed by atoms with Crippen LogP contribution in [0.5, 0.6) is 5.75 Å². The van der Waals surface area contributed by atoms with Gasteiger partial charge in [-0.25, -0.2) is 14.1 Å². The zero-order chi connectivity index (χ0) is 23.2. The molecule has 2 heterocycles. The van der Waals surface area contributed by atoms with Gasteiger partial charge in [-0.15, -0.1) is 10.2 Å². The van der Waals surface area contributed by atoms with Gasteiger partial charge in [-0.1, -0.05) is 54.2 Å². The lowest BCUT2D eigenvalue weighted by atomic mass is 10.1. The van der Waals surface area contributed by atoms with Crippen molar-refractivity contribution in [3.8, 4) is 5.75 Å². The standard InChI is InChI=1S/C22H22FN7O2S/c1-29-12-11-25-21(29)20(15-7-3-2-4-8-15)26-19(31)14-33-22-28-27-18(30(22)24)13-32-17-10-6-5-9-16(17)23/h2-12,20H,13-14,24H2,1H3,(H,26,31). The molecule has 33 heavy (non-hydrogen) atoms. The van der Waals surface area contributed by atoms with Crippen molar-refractivity contribution in [2.45, 2.75) is 17.8 Å². The van der Waals surface area contributed by atoms with Crippen molar-refractivity contribution in [3.05, 3.63) is 90.0 Å². The molecule has 4 aromatic rings. The lowest BCUT2D eigenvalue weighted by molar-refractivity contribution is -0.119. The highest BCUT2D eigenvalue weighted by Crippen LogP contribution is 2.22. The van der Waals surface area contributed by atoms with E-state index in [0.29, 0.717) is 16.8 Å². The van der Waals surface area contributed by atoms with E-state index in [1.165, 1.54) is 16.8 Å². The number of hydrogen-bond acceptors (Lipinski definition) is 7. The third kappa shape index (κ3) is 5.32. The van der Waals surface area contributed by atoms with E-state index in [2.05, 4.69) is 20.5 Å². The van der Waals surface area contributed by atoms with Gasteiger partial charge in [0.2, 0.25) is 11.1 Å². The van der Waals surface area contributed by atoms with Gasteiger partial charge in [0.25, 0.3) is 0 Å². The van der Waals surface area contributed by atoms with Crippen LogP contribution in [-0.4, -0.2) is 36.1 Å². The van der Waals surface area contributed by atoms with Gasteiger partial charge in [-0.2, -0.15) is 0 Å². The van der Waals surface area contributed by atoms with Crippen LogP contribution in [-0.2, 0) is 18.4 Å². The van der Waals surface area contributed by atoms with Gasteiger partial charge >= 0.3 is 0 Å². The normalized spacial score (nSPS) is 11.8. The summed E-state index contributed by atoms with van der Waals surface area (Å²) in [5.41, 5.74) is 0.916. The summed E-state index contributed by atoms with van der Waals surface area (Å²) in [5.74, 6) is 6.51. The first kappa shape index (κ1) is 22.3. The summed E-state index contributed by atoms with van der Waals surface area (Å²) < 4.78 is 22.2. The van der Waals surface area contributed by atoms with Gasteiger partial charge < -0.3 is 20.5 Å². The molecule has 0 fully saturated rings. The molecule has 2 aromatic carbocycles. The van der Waals surface area contributed by atoms with E-state index in [0.717, 1.165) is 17.3 Å². The van der Waals surface area contributed by atoms with Crippen LogP contribution in [0, 0.1) is 5.82 Å². The predicted octanol–water partition coefficient (Wildman–Crippen LogP) is 2.44. The number of hydrogen-bond donors (Lipinski definition) is 2. The highest BCUT2D eigenvalue weighted by molar-refractivity contribution is 7.99. The Morgan fingerprint density at radius 1 is 1.18 bits per heavy atom. The molecule has 0 saturated carbocycles. The van der Waals surface area contributed by atoms with Crippen molar-refractivity contribution in [2.75, 3.05) is 11.6 Å². The zero-order valence-corrected chi connectivity index (χ0v) is 18.6. The molecular weight excluding hydrogens is 445 g/mol. The van der Waals surface area contributed by atoms with Crippen LogP contribution in [0.4, 0.5) is 4.39 Å². The smallest absolute Gasteiger partial charge is 0.231 e. The maximum Gasteiger partial charge on any atom is 0.231 e. The molecule has 9 nitrogen and oxygen atoms in total. The van der Waals surface area contributed by atoms with Crippen LogP contribution in [0.3, 0.4) is 0 Å². The molecule has 0 saturated heterocycles. The van der Waals surface area contributed by atoms with Crippen LogP contribution in [0.15, 0.2) is 72.1 Å². The van der Waals surface area contributed by atoms with Crippen molar-refractivity contribution in [1.82, 2.24) is 29.7 Å². The number of carbonyl (C=O) groups is 1. The Hall–Kier alpha value is -3.86. The molecule has 2 aromatic heterocycles. The van der Waals surface area contributed by atoms with Crippen LogP contribution in [0.1, 0.15) is 23.3 Å². The number of halogens is 1. The number of nitrogen functional groups attached to an aromatic ring is 1. The van der Waals surface area contributed by atoms with E-state index in [4.69, 9.17) is 10.6 Å². The number of ether oxygens (including phenoxy) is 1. The lowest BCUT2D eigenvalue weighted by Gasteiger charge is -2.19. The molecule has 1 amide bonds. The molecule has 0 aliphatic rings. The Kier molecular flexibility index (Phi) is 6.89. The number of nitrogens with one attached hydrogen (secondary N) is 1. The first-order chi connectivity index (χ1) is 16.0. The molecule has 3 N–H and O–H groups in total. The maximum absolute atomic E-state index is 13.7. The largest absolute Gasteiger partial charge is 0.482 e. The van der Waals surface area contributed by atoms with E-state index in [1.54, 1.807) is 18.3 Å². The third-order valence-electron chi connectivity index (χ3n) is 4.82. The quantitative estimate of drug-likeness (QED) is 0.287. The average Bonchev–Trinajstić information content (AvgIpc) is 3.41. The molecule has 0 aliphatic heterocycles. The molecular formula is C22H22FN7O2S. The Labute approximate surface area is 193 Å². The molecule has 170 valence electrons. The fourth-order valence-corrected chi connectivity index (χ4v) is 3.83. The maximum atomic E-state index is 13.7. The number of aromatic nitrogens is 5. The SMILES string of the molecule is Cn1ccnc1C(NC(=O)CSc1nnc(COc2ccccc2F)n1N)c1ccccc1. The molecule has 0 radical (unpaired) electrons. The number of para-hydroxylation sites is 1. The van der Waals surface area contributed by atoms with E-state index in [-0.39, 0.29) is 24.0 Å². The first-order valence-corrected chi connectivity index (χ1v) is 11.0. The van der Waals surface area contributed by atoms with Gasteiger partial charge in [-0.3, -0.25) is 4.79 Å². The Balaban J connectivity index is 1.38. The molecule has 1 atom stereocenters. The van der Waals surface area contributed by atoms with Crippen LogP contribution < -0.4 is 15.9 Å². The fraction of sp³-hybridized carbons (Fsp3) is 0.182. The second kappa shape index (κ2) is 10.2. The minimum Gasteiger partial charge on any atom is -0.482 e. The van der Waals surface area contributed by atoms with Crippen LogP contribution in [0.2, 0.25) is 0 Å². The van der Waals surface area contributed by atoms with E-state index < -0.39 is 11.9 Å². The number of benzene rings is 2. The summed E-state index contributed by atoms with van der Waals surface area (Å²) in [5, 5.41) is 11.3. The summed E-state index contributed by atoms with van der Waals surface area (Å²) in [4.78, 5) is 17.1. The van der Waals surface area contributed by atoms with Gasteiger partial charge in [0, 0.05) is 19.4 Å². The molecule has 0 aliphatic carbocycles. The summed E-state index contributed by atoms with van der Waals surface area (Å²) in [6.45, 7) is -0.0631. The van der Waals surface area contributed by atoms with Crippen LogP contribution >= 0.6 is 11.8 Å². The molecule has 0 spiro atoms. The number of amides is 1. The van der Waals surface area contributed by atoms with Gasteiger partial charge in [0.1, 0.15) is 18.5 Å². The van der Waals surface area contributed by atoms with E-state index in [9.17, 15) is 9.18 Å². The highest BCUT2D eigenvalue weighted by Gasteiger charge is 2.21. The van der Waals surface area contributed by atoms with Crippen molar-refractivity contribution < 1.29 is 13.9 Å². The Morgan fingerprint density at radius 2 is 1.94 bits per heavy atom. The third-order valence-corrected chi connectivity index (χ3v) is 5.76. The average molecular weight is 468 g/mol. The number of carbonyl (C=O) groups excluding carboxylic acids is 1. The summed E-state index contributed by atoms with van der Waals surface area (Å²) in [7, 11) is 1.88. The minimum atomic E-state index is -0.479. The number of rotatable bonds is 9. The second-order valence-electron chi connectivity index (χ2n) is 7.08. The van der Waals surface area contributed by atoms with Crippen molar-refractivity contribution in [2.24, 2.45) is 7.05 Å². The molecule has 1 unspecified atom stereocenters. The lowest BCUT2D eigenvalue weighted by Crippen LogP contribution is -2.32. The number of nitrogens with zero attached hydrogens (tertiary/aromatic N) is 5. The highest BCUT2D eigenvalue weighted by atomic mass is 32.2. The van der Waals surface area contributed by atoms with Crippen molar-refractivity contribution in [3.63, 3.8) is 0 Å². The van der Waals surface area contributed by atoms with Gasteiger partial charge in [-0.05, 0) is 17.7 Å². The number of aryl methyl sites for hydroxylation is 1. The van der Waals surface area contributed by atoms with E-state index in [1.807, 2.05) is 48.1 Å². The number of nitrogens with two attached hydrogens (primary N) is 1. The first-order valence-electron chi connectivity index (χ1n) is 10.0. The molecule has 4 rings (SSSR count).